The maximum atomic E-state index is 6.07. The summed E-state index contributed by atoms with van der Waals surface area (Å²) in [7, 11) is 0. The van der Waals surface area contributed by atoms with Crippen LogP contribution in [-0.4, -0.2) is 14.8 Å². The second kappa shape index (κ2) is 4.23. The van der Waals surface area contributed by atoms with Crippen LogP contribution in [0.2, 0.25) is 5.02 Å². The van der Waals surface area contributed by atoms with Crippen molar-refractivity contribution in [3.63, 3.8) is 0 Å². The molecule has 0 aliphatic rings. The minimum atomic E-state index is 0.272. The van der Waals surface area contributed by atoms with Crippen LogP contribution in [0.3, 0.4) is 0 Å². The molecule has 0 fully saturated rings. The van der Waals surface area contributed by atoms with Gasteiger partial charge in [0.15, 0.2) is 0 Å². The number of nitrogens with zero attached hydrogens (tertiary/aromatic N) is 2. The van der Waals surface area contributed by atoms with Gasteiger partial charge in [-0.3, -0.25) is 0 Å². The van der Waals surface area contributed by atoms with Crippen LogP contribution in [0.4, 0.5) is 0 Å². The molecule has 3 nitrogen and oxygen atoms in total. The van der Waals surface area contributed by atoms with Crippen LogP contribution in [0.1, 0.15) is 11.1 Å². The molecule has 1 aromatic carbocycles. The number of nitrogens with two attached hydrogens (primary N) is 1. The smallest absolute Gasteiger partial charge is 0.107 e. The van der Waals surface area contributed by atoms with E-state index in [-0.39, 0.29) is 4.99 Å². The number of aryl methyl sites for hydroxylation is 1. The Morgan fingerprint density at radius 2 is 2.25 bits per heavy atom. The van der Waals surface area contributed by atoms with Gasteiger partial charge in [-0.05, 0) is 24.6 Å². The van der Waals surface area contributed by atoms with E-state index in [1.165, 1.54) is 0 Å². The summed E-state index contributed by atoms with van der Waals surface area (Å²) in [4.78, 5) is 0.272. The van der Waals surface area contributed by atoms with Gasteiger partial charge in [-0.2, -0.15) is 5.10 Å². The van der Waals surface area contributed by atoms with E-state index in [9.17, 15) is 0 Å². The first-order valence-corrected chi connectivity index (χ1v) is 5.48. The fourth-order valence-corrected chi connectivity index (χ4v) is 2.03. The van der Waals surface area contributed by atoms with Crippen molar-refractivity contribution in [2.24, 2.45) is 5.73 Å². The van der Waals surface area contributed by atoms with Gasteiger partial charge in [0.25, 0.3) is 0 Å². The van der Waals surface area contributed by atoms with E-state index in [4.69, 9.17) is 29.6 Å². The van der Waals surface area contributed by atoms with E-state index < -0.39 is 0 Å². The van der Waals surface area contributed by atoms with Gasteiger partial charge < -0.3 is 5.73 Å². The summed E-state index contributed by atoms with van der Waals surface area (Å²) in [6, 6.07) is 5.49. The van der Waals surface area contributed by atoms with E-state index in [2.05, 4.69) is 5.10 Å². The Hall–Kier alpha value is -1.39. The lowest BCUT2D eigenvalue weighted by molar-refractivity contribution is 0.878. The number of benzene rings is 1. The molecule has 82 valence electrons. The number of hydrogen-bond acceptors (Lipinski definition) is 2. The van der Waals surface area contributed by atoms with E-state index >= 15 is 0 Å². The number of aromatic nitrogens is 2. The third-order valence-corrected chi connectivity index (χ3v) is 2.72. The second-order valence-corrected chi connectivity index (χ2v) is 4.31. The Morgan fingerprint density at radius 3 is 2.81 bits per heavy atom. The van der Waals surface area contributed by atoms with Crippen LogP contribution >= 0.6 is 23.8 Å². The highest BCUT2D eigenvalue weighted by molar-refractivity contribution is 7.80. The fourth-order valence-electron chi connectivity index (χ4n) is 1.49. The quantitative estimate of drug-likeness (QED) is 0.834. The van der Waals surface area contributed by atoms with Gasteiger partial charge in [-0.15, -0.1) is 0 Å². The van der Waals surface area contributed by atoms with Crippen LogP contribution < -0.4 is 5.73 Å². The van der Waals surface area contributed by atoms with Gasteiger partial charge in [-0.25, -0.2) is 4.68 Å². The summed E-state index contributed by atoms with van der Waals surface area (Å²) < 4.78 is 1.72. The zero-order valence-corrected chi connectivity index (χ0v) is 10.2. The summed E-state index contributed by atoms with van der Waals surface area (Å²) in [6.07, 6.45) is 3.66. The molecule has 0 aliphatic heterocycles. The van der Waals surface area contributed by atoms with E-state index in [1.54, 1.807) is 16.9 Å². The minimum absolute atomic E-state index is 0.272. The second-order valence-electron chi connectivity index (χ2n) is 3.46. The predicted molar refractivity (Wildman–Crippen MR) is 69.2 cm³/mol. The first kappa shape index (κ1) is 11.1. The normalized spacial score (nSPS) is 10.4. The number of thiocarbonyl (C=S) groups is 1. The lowest BCUT2D eigenvalue weighted by atomic mass is 10.2. The van der Waals surface area contributed by atoms with Gasteiger partial charge in [0, 0.05) is 6.20 Å². The first-order chi connectivity index (χ1) is 7.59. The Labute approximate surface area is 104 Å². The molecule has 2 rings (SSSR count). The van der Waals surface area contributed by atoms with E-state index in [0.29, 0.717) is 10.6 Å². The maximum absolute atomic E-state index is 6.07. The Bertz CT molecular complexity index is 548. The third-order valence-electron chi connectivity index (χ3n) is 2.20. The van der Waals surface area contributed by atoms with Crippen molar-refractivity contribution in [3.8, 4) is 5.69 Å². The summed E-state index contributed by atoms with van der Waals surface area (Å²) >= 11 is 11.1. The fraction of sp³-hybridized carbons (Fsp3) is 0.0909. The van der Waals surface area contributed by atoms with Crippen LogP contribution in [0.15, 0.2) is 30.6 Å². The monoisotopic (exact) mass is 251 g/mol. The maximum Gasteiger partial charge on any atom is 0.107 e. The van der Waals surface area contributed by atoms with E-state index in [0.717, 1.165) is 11.3 Å². The third kappa shape index (κ3) is 1.94. The number of halogens is 1. The average Bonchev–Trinajstić information content (AvgIpc) is 2.63. The highest BCUT2D eigenvalue weighted by Crippen LogP contribution is 2.22. The molecule has 0 atom stereocenters. The summed E-state index contributed by atoms with van der Waals surface area (Å²) in [5.41, 5.74) is 8.18. The Balaban J connectivity index is 2.65. The van der Waals surface area contributed by atoms with Gasteiger partial charge in [0.2, 0.25) is 0 Å². The molecule has 16 heavy (non-hydrogen) atoms. The van der Waals surface area contributed by atoms with Crippen molar-refractivity contribution >= 4 is 28.8 Å². The number of hydrogen-bond donors (Lipinski definition) is 1. The molecule has 2 aromatic rings. The predicted octanol–water partition coefficient (Wildman–Crippen LogP) is 2.47. The molecule has 2 N–H and O–H groups in total. The molecule has 0 saturated carbocycles. The highest BCUT2D eigenvalue weighted by Gasteiger charge is 2.11. The van der Waals surface area contributed by atoms with Crippen molar-refractivity contribution in [2.45, 2.75) is 6.92 Å². The van der Waals surface area contributed by atoms with Crippen LogP contribution in [0, 0.1) is 6.92 Å². The zero-order valence-electron chi connectivity index (χ0n) is 8.64. The Morgan fingerprint density at radius 1 is 1.50 bits per heavy atom. The zero-order chi connectivity index (χ0) is 11.7. The summed E-state index contributed by atoms with van der Waals surface area (Å²) in [5.74, 6) is 0. The molecule has 0 radical (unpaired) electrons. The topological polar surface area (TPSA) is 43.8 Å². The molecule has 1 aromatic heterocycles. The van der Waals surface area contributed by atoms with Gasteiger partial charge in [-0.1, -0.05) is 29.9 Å². The Kier molecular flexibility index (Phi) is 2.94. The molecule has 5 heteroatoms. The van der Waals surface area contributed by atoms with Crippen LogP contribution in [-0.2, 0) is 0 Å². The van der Waals surface area contributed by atoms with Crippen molar-refractivity contribution in [1.82, 2.24) is 9.78 Å². The molecular formula is C11H10ClN3S. The van der Waals surface area contributed by atoms with Crippen molar-refractivity contribution in [2.75, 3.05) is 0 Å². The molecule has 0 unspecified atom stereocenters. The van der Waals surface area contributed by atoms with Gasteiger partial charge >= 0.3 is 0 Å². The molecule has 0 spiro atoms. The first-order valence-electron chi connectivity index (χ1n) is 4.69. The van der Waals surface area contributed by atoms with Crippen LogP contribution in [0.25, 0.3) is 5.69 Å². The standard InChI is InChI=1S/C11H10ClN3S/c1-7-5-14-15(6-7)9-4-2-3-8(12)10(9)11(13)16/h2-6H,1H3,(H2,13,16). The molecule has 0 saturated heterocycles. The molecule has 0 amide bonds. The summed E-state index contributed by atoms with van der Waals surface area (Å²) in [6.45, 7) is 1.97. The van der Waals surface area contributed by atoms with E-state index in [1.807, 2.05) is 25.3 Å². The largest absolute Gasteiger partial charge is 0.389 e. The molecule has 0 bridgehead atoms. The van der Waals surface area contributed by atoms with Crippen LogP contribution in [0.5, 0.6) is 0 Å². The van der Waals surface area contributed by atoms with Crippen molar-refractivity contribution < 1.29 is 0 Å². The molecule has 1 heterocycles. The van der Waals surface area contributed by atoms with Crippen molar-refractivity contribution in [1.29, 1.82) is 0 Å². The minimum Gasteiger partial charge on any atom is -0.389 e. The van der Waals surface area contributed by atoms with Gasteiger partial charge in [0.1, 0.15) is 4.99 Å². The average molecular weight is 252 g/mol. The lowest BCUT2D eigenvalue weighted by Crippen LogP contribution is -2.14. The SMILES string of the molecule is Cc1cnn(-c2cccc(Cl)c2C(N)=S)c1. The molecule has 0 aliphatic carbocycles. The van der Waals surface area contributed by atoms with Gasteiger partial charge in [0.05, 0.1) is 22.5 Å². The molecular weight excluding hydrogens is 242 g/mol. The number of rotatable bonds is 2. The lowest BCUT2D eigenvalue weighted by Gasteiger charge is -2.09. The highest BCUT2D eigenvalue weighted by atomic mass is 35.5. The summed E-state index contributed by atoms with van der Waals surface area (Å²) in [5, 5.41) is 4.75. The van der Waals surface area contributed by atoms with Crippen molar-refractivity contribution in [3.05, 3.63) is 46.7 Å².